The van der Waals surface area contributed by atoms with Gasteiger partial charge in [0.1, 0.15) is 5.82 Å². The molecule has 0 heterocycles. The number of amides is 1. The molecule has 1 rings (SSSR count). The van der Waals surface area contributed by atoms with Gasteiger partial charge in [-0.2, -0.15) is 0 Å². The minimum atomic E-state index is -0.658. The molecule has 0 spiro atoms. The van der Waals surface area contributed by atoms with Gasteiger partial charge in [0.25, 0.3) is 0 Å². The summed E-state index contributed by atoms with van der Waals surface area (Å²) in [5.41, 5.74) is 2.06. The van der Waals surface area contributed by atoms with Crippen LogP contribution < -0.4 is 5.32 Å². The van der Waals surface area contributed by atoms with Crippen LogP contribution in [0, 0.1) is 5.82 Å². The molecule has 0 aliphatic rings. The number of carbonyl (C=O) groups is 1. The molecule has 2 N–H and O–H groups in total. The topological polar surface area (TPSA) is 49.3 Å². The average Bonchev–Trinajstić information content (AvgIpc) is 2.45. The maximum absolute atomic E-state index is 13.4. The Morgan fingerprint density at radius 1 is 1.45 bits per heavy atom. The third-order valence-electron chi connectivity index (χ3n) is 3.35. The molecule has 110 valence electrons. The van der Waals surface area contributed by atoms with Gasteiger partial charge in [0, 0.05) is 5.57 Å². The van der Waals surface area contributed by atoms with E-state index < -0.39 is 11.9 Å². The lowest BCUT2D eigenvalue weighted by atomic mass is 10.0. The van der Waals surface area contributed by atoms with E-state index in [2.05, 4.69) is 5.32 Å². The van der Waals surface area contributed by atoms with Crippen LogP contribution in [0.2, 0.25) is 5.02 Å². The van der Waals surface area contributed by atoms with Crippen LogP contribution in [-0.2, 0) is 4.79 Å². The molecule has 0 fully saturated rings. The van der Waals surface area contributed by atoms with Crippen molar-refractivity contribution in [3.63, 3.8) is 0 Å². The fourth-order valence-electron chi connectivity index (χ4n) is 1.69. The van der Waals surface area contributed by atoms with Crippen LogP contribution in [0.15, 0.2) is 29.3 Å². The van der Waals surface area contributed by atoms with E-state index in [0.29, 0.717) is 11.1 Å². The number of benzene rings is 1. The minimum absolute atomic E-state index is 0.00895. The number of hydrogen-bond donors (Lipinski definition) is 2. The molecule has 0 aromatic heterocycles. The molecule has 1 amide bonds. The lowest BCUT2D eigenvalue weighted by Crippen LogP contribution is -2.31. The van der Waals surface area contributed by atoms with Crippen molar-refractivity contribution < 1.29 is 14.3 Å². The lowest BCUT2D eigenvalue weighted by molar-refractivity contribution is -0.118. The summed E-state index contributed by atoms with van der Waals surface area (Å²) in [4.78, 5) is 12.0. The third-order valence-corrected chi connectivity index (χ3v) is 3.65. The van der Waals surface area contributed by atoms with E-state index in [0.717, 1.165) is 12.0 Å². The van der Waals surface area contributed by atoms with Crippen LogP contribution in [0.1, 0.15) is 38.8 Å². The molecule has 1 aromatic carbocycles. The van der Waals surface area contributed by atoms with Gasteiger partial charge in [0.2, 0.25) is 5.91 Å². The highest BCUT2D eigenvalue weighted by Crippen LogP contribution is 2.20. The molecule has 5 heteroatoms. The quantitative estimate of drug-likeness (QED) is 0.819. The second-order valence-electron chi connectivity index (χ2n) is 4.64. The van der Waals surface area contributed by atoms with Crippen molar-refractivity contribution in [2.75, 3.05) is 6.61 Å². The van der Waals surface area contributed by atoms with Crippen molar-refractivity contribution in [1.82, 2.24) is 5.32 Å². The molecule has 1 atom stereocenters. The average molecular weight is 300 g/mol. The molecule has 0 aliphatic heterocycles. The van der Waals surface area contributed by atoms with E-state index in [-0.39, 0.29) is 17.5 Å². The van der Waals surface area contributed by atoms with Crippen LogP contribution >= 0.6 is 11.6 Å². The first kappa shape index (κ1) is 16.7. The van der Waals surface area contributed by atoms with Gasteiger partial charge >= 0.3 is 0 Å². The lowest BCUT2D eigenvalue weighted by Gasteiger charge is -2.18. The Kier molecular flexibility index (Phi) is 6.17. The summed E-state index contributed by atoms with van der Waals surface area (Å²) < 4.78 is 13.4. The van der Waals surface area contributed by atoms with Gasteiger partial charge in [-0.25, -0.2) is 4.39 Å². The Labute approximate surface area is 123 Å². The van der Waals surface area contributed by atoms with Gasteiger partial charge < -0.3 is 10.4 Å². The van der Waals surface area contributed by atoms with Crippen LogP contribution in [0.5, 0.6) is 0 Å². The summed E-state index contributed by atoms with van der Waals surface area (Å²) in [6.45, 7) is 5.26. The van der Waals surface area contributed by atoms with Gasteiger partial charge in [-0.1, -0.05) is 30.2 Å². The normalized spacial score (nSPS) is 13.7. The van der Waals surface area contributed by atoms with Crippen molar-refractivity contribution >= 4 is 17.5 Å². The fourth-order valence-corrected chi connectivity index (χ4v) is 1.81. The van der Waals surface area contributed by atoms with E-state index in [1.54, 1.807) is 13.0 Å². The molecule has 20 heavy (non-hydrogen) atoms. The predicted octanol–water partition coefficient (Wildman–Crippen LogP) is 3.38. The number of aliphatic hydroxyl groups is 1. The molecule has 0 radical (unpaired) electrons. The van der Waals surface area contributed by atoms with Crippen LogP contribution in [-0.4, -0.2) is 17.6 Å². The van der Waals surface area contributed by atoms with E-state index in [1.807, 2.05) is 13.8 Å². The Balaban J connectivity index is 2.92. The number of carbonyl (C=O) groups excluding carboxylic acids is 1. The van der Waals surface area contributed by atoms with Crippen LogP contribution in [0.3, 0.4) is 0 Å². The number of allylic oxidation sites excluding steroid dienone is 1. The minimum Gasteiger partial charge on any atom is -0.394 e. The van der Waals surface area contributed by atoms with Crippen molar-refractivity contribution in [2.45, 2.75) is 33.2 Å². The van der Waals surface area contributed by atoms with E-state index in [4.69, 9.17) is 11.6 Å². The molecule has 0 aliphatic carbocycles. The van der Waals surface area contributed by atoms with Crippen molar-refractivity contribution in [2.24, 2.45) is 0 Å². The first-order chi connectivity index (χ1) is 9.40. The third kappa shape index (κ3) is 4.05. The van der Waals surface area contributed by atoms with E-state index in [1.165, 1.54) is 12.1 Å². The summed E-state index contributed by atoms with van der Waals surface area (Å²) in [6, 6.07) is 3.54. The summed E-state index contributed by atoms with van der Waals surface area (Å²) in [5.74, 6) is -0.840. The standard InChI is InChI=1S/C15H19ClFNO2/c1-4-9(2)10(3)15(20)18-14(8-19)11-5-6-12(16)13(17)7-11/h5-7,14,19H,4,8H2,1-3H3,(H,18,20)/b10-9-. The molecule has 3 nitrogen and oxygen atoms in total. The maximum Gasteiger partial charge on any atom is 0.247 e. The Morgan fingerprint density at radius 3 is 2.60 bits per heavy atom. The number of hydrogen-bond acceptors (Lipinski definition) is 2. The second-order valence-corrected chi connectivity index (χ2v) is 5.05. The molecule has 0 saturated heterocycles. The molecular weight excluding hydrogens is 281 g/mol. The van der Waals surface area contributed by atoms with Crippen molar-refractivity contribution in [1.29, 1.82) is 0 Å². The Morgan fingerprint density at radius 2 is 2.10 bits per heavy atom. The Hall–Kier alpha value is -1.39. The predicted molar refractivity (Wildman–Crippen MR) is 78.0 cm³/mol. The fraction of sp³-hybridized carbons (Fsp3) is 0.400. The van der Waals surface area contributed by atoms with E-state index in [9.17, 15) is 14.3 Å². The summed E-state index contributed by atoms with van der Waals surface area (Å²) in [6.07, 6.45) is 0.776. The zero-order valence-corrected chi connectivity index (χ0v) is 12.6. The first-order valence-electron chi connectivity index (χ1n) is 6.43. The zero-order chi connectivity index (χ0) is 15.3. The van der Waals surface area contributed by atoms with Crippen LogP contribution in [0.4, 0.5) is 4.39 Å². The Bertz CT molecular complexity index is 529. The monoisotopic (exact) mass is 299 g/mol. The van der Waals surface area contributed by atoms with Crippen molar-refractivity contribution in [3.8, 4) is 0 Å². The summed E-state index contributed by atoms with van der Waals surface area (Å²) >= 11 is 5.61. The van der Waals surface area contributed by atoms with Gasteiger partial charge in [-0.3, -0.25) is 4.79 Å². The molecular formula is C15H19ClFNO2. The summed E-state index contributed by atoms with van der Waals surface area (Å²) in [5, 5.41) is 12.1. The van der Waals surface area contributed by atoms with Gasteiger partial charge in [-0.15, -0.1) is 0 Å². The first-order valence-corrected chi connectivity index (χ1v) is 6.81. The van der Waals surface area contributed by atoms with Crippen LogP contribution in [0.25, 0.3) is 0 Å². The zero-order valence-electron chi connectivity index (χ0n) is 11.8. The highest BCUT2D eigenvalue weighted by molar-refractivity contribution is 6.30. The molecule has 1 aromatic rings. The molecule has 0 saturated carbocycles. The molecule has 1 unspecified atom stereocenters. The SMILES string of the molecule is CC/C(C)=C(/C)C(=O)NC(CO)c1ccc(Cl)c(F)c1. The highest BCUT2D eigenvalue weighted by Gasteiger charge is 2.16. The number of halogens is 2. The highest BCUT2D eigenvalue weighted by atomic mass is 35.5. The van der Waals surface area contributed by atoms with E-state index >= 15 is 0 Å². The number of aliphatic hydroxyl groups excluding tert-OH is 1. The largest absolute Gasteiger partial charge is 0.394 e. The smallest absolute Gasteiger partial charge is 0.247 e. The van der Waals surface area contributed by atoms with Gasteiger partial charge in [0.05, 0.1) is 17.7 Å². The van der Waals surface area contributed by atoms with Gasteiger partial charge in [-0.05, 0) is 38.0 Å². The molecule has 0 bridgehead atoms. The van der Waals surface area contributed by atoms with Crippen molar-refractivity contribution in [3.05, 3.63) is 45.7 Å². The van der Waals surface area contributed by atoms with Gasteiger partial charge in [0.15, 0.2) is 0 Å². The number of rotatable bonds is 5. The number of nitrogens with one attached hydrogen (secondary N) is 1. The second kappa shape index (κ2) is 7.41. The maximum atomic E-state index is 13.4. The summed E-state index contributed by atoms with van der Waals surface area (Å²) in [7, 11) is 0.